The van der Waals surface area contributed by atoms with Crippen molar-refractivity contribution >= 4 is 77.2 Å². The summed E-state index contributed by atoms with van der Waals surface area (Å²) in [7, 11) is 7.94. The van der Waals surface area contributed by atoms with Crippen molar-refractivity contribution in [2.45, 2.75) is 27.7 Å². The standard InChI is InChI=1S/C6H4.4C3H6S.2Sb/c1-2-4-6-5-3-1;4*1-3(2)4;;/h1-2,5-6H;4*4H,1H2,2H3;;/q;;;;;2*+2/p-4. The van der Waals surface area contributed by atoms with E-state index < -0.39 is 34.8 Å². The molecule has 0 radical (unpaired) electrons. The molecule has 24 heavy (non-hydrogen) atoms. The molecule has 130 valence electrons. The van der Waals surface area contributed by atoms with Crippen LogP contribution in [0.15, 0.2) is 70.2 Å². The van der Waals surface area contributed by atoms with E-state index in [1.807, 2.05) is 35.4 Å². The Morgan fingerprint density at radius 2 is 0.792 bits per heavy atom. The SMILES string of the molecule is C=C(C)[S][Sb]([S]C(=C)C)[c]1cc[c]([Sb]([S]C(=C)C)[S]C(=C)C)cc1. The third kappa shape index (κ3) is 9.24. The van der Waals surface area contributed by atoms with E-state index in [9.17, 15) is 0 Å². The molecule has 0 unspecified atom stereocenters. The molecule has 0 aliphatic rings. The zero-order chi connectivity index (χ0) is 18.3. The third-order valence-corrected chi connectivity index (χ3v) is 36.3. The average molecular weight is 612 g/mol. The first-order valence-electron chi connectivity index (χ1n) is 7.23. The second kappa shape index (κ2) is 11.8. The van der Waals surface area contributed by atoms with Gasteiger partial charge in [0.25, 0.3) is 0 Å². The van der Waals surface area contributed by atoms with Gasteiger partial charge in [0.2, 0.25) is 0 Å². The summed E-state index contributed by atoms with van der Waals surface area (Å²) in [6.45, 7) is 24.8. The molecule has 0 saturated heterocycles. The molecule has 1 rings (SSSR count). The molecule has 0 fully saturated rings. The third-order valence-electron chi connectivity index (χ3n) is 2.23. The van der Waals surface area contributed by atoms with Crippen LogP contribution in [0.4, 0.5) is 0 Å². The zero-order valence-electron chi connectivity index (χ0n) is 14.7. The van der Waals surface area contributed by atoms with Gasteiger partial charge in [0.15, 0.2) is 0 Å². The molecule has 0 nitrogen and oxygen atoms in total. The van der Waals surface area contributed by atoms with Gasteiger partial charge in [0, 0.05) is 0 Å². The summed E-state index contributed by atoms with van der Waals surface area (Å²) in [5.41, 5.74) is 0. The van der Waals surface area contributed by atoms with Crippen molar-refractivity contribution in [2.24, 2.45) is 0 Å². The normalized spacial score (nSPS) is 10.9. The van der Waals surface area contributed by atoms with Crippen LogP contribution in [-0.2, 0) is 0 Å². The van der Waals surface area contributed by atoms with Crippen LogP contribution in [0.1, 0.15) is 27.7 Å². The van der Waals surface area contributed by atoms with Crippen molar-refractivity contribution in [3.8, 4) is 0 Å². The monoisotopic (exact) mass is 610 g/mol. The first-order chi connectivity index (χ1) is 11.2. The first kappa shape index (κ1) is 23.3. The maximum absolute atomic E-state index is 4.09. The van der Waals surface area contributed by atoms with Gasteiger partial charge in [0.1, 0.15) is 0 Å². The van der Waals surface area contributed by atoms with Crippen LogP contribution in [0.5, 0.6) is 0 Å². The molecule has 0 aliphatic carbocycles. The summed E-state index contributed by atoms with van der Waals surface area (Å²) in [6.07, 6.45) is 0. The molecule has 0 atom stereocenters. The zero-order valence-corrected chi connectivity index (χ0v) is 23.0. The van der Waals surface area contributed by atoms with Gasteiger partial charge in [-0.1, -0.05) is 0 Å². The van der Waals surface area contributed by atoms with Gasteiger partial charge in [-0.15, -0.1) is 0 Å². The molecule has 0 aromatic heterocycles. The van der Waals surface area contributed by atoms with Crippen LogP contribution in [0, 0.1) is 0 Å². The summed E-state index contributed by atoms with van der Waals surface area (Å²) in [6, 6.07) is 9.39. The van der Waals surface area contributed by atoms with Crippen molar-refractivity contribution in [1.82, 2.24) is 0 Å². The van der Waals surface area contributed by atoms with Gasteiger partial charge in [-0.2, -0.15) is 0 Å². The molecule has 1 aromatic rings. The van der Waals surface area contributed by atoms with E-state index in [2.05, 4.69) is 78.3 Å². The van der Waals surface area contributed by atoms with E-state index in [-0.39, 0.29) is 0 Å². The molecule has 1 aromatic carbocycles. The molecule has 0 saturated carbocycles. The fourth-order valence-electron chi connectivity index (χ4n) is 1.51. The summed E-state index contributed by atoms with van der Waals surface area (Å²) in [4.78, 5) is 4.84. The quantitative estimate of drug-likeness (QED) is 0.291. The van der Waals surface area contributed by atoms with Crippen LogP contribution < -0.4 is 7.02 Å². The van der Waals surface area contributed by atoms with Gasteiger partial charge >= 0.3 is 175 Å². The van der Waals surface area contributed by atoms with Crippen LogP contribution in [0.3, 0.4) is 0 Å². The molecule has 0 bridgehead atoms. The van der Waals surface area contributed by atoms with Crippen LogP contribution in [0.25, 0.3) is 0 Å². The molecule has 6 heteroatoms. The van der Waals surface area contributed by atoms with Gasteiger partial charge < -0.3 is 0 Å². The Kier molecular flexibility index (Phi) is 11.5. The Morgan fingerprint density at radius 3 is 0.958 bits per heavy atom. The van der Waals surface area contributed by atoms with Crippen LogP contribution in [-0.4, -0.2) is 34.8 Å². The molecule has 0 aliphatic heterocycles. The summed E-state index contributed by atoms with van der Waals surface area (Å²) in [5, 5.41) is 0. The van der Waals surface area contributed by atoms with Crippen LogP contribution in [0.2, 0.25) is 0 Å². The van der Waals surface area contributed by atoms with Crippen LogP contribution >= 0.6 is 35.4 Å². The molecule has 0 N–H and O–H groups in total. The van der Waals surface area contributed by atoms with Gasteiger partial charge in [-0.05, 0) is 0 Å². The van der Waals surface area contributed by atoms with Crippen molar-refractivity contribution in [3.63, 3.8) is 0 Å². The topological polar surface area (TPSA) is 0 Å². The van der Waals surface area contributed by atoms with E-state index in [4.69, 9.17) is 0 Å². The average Bonchev–Trinajstić information content (AvgIpc) is 2.44. The number of hydrogen-bond acceptors (Lipinski definition) is 4. The molecular formula is C18H24S4Sb2. The Hall–Kier alpha value is 1.22. The van der Waals surface area contributed by atoms with E-state index in [0.29, 0.717) is 0 Å². The number of rotatable bonds is 10. The minimum absolute atomic E-state index is 1.21. The van der Waals surface area contributed by atoms with E-state index in [1.165, 1.54) is 26.6 Å². The Morgan fingerprint density at radius 1 is 0.583 bits per heavy atom. The van der Waals surface area contributed by atoms with E-state index in [1.54, 1.807) is 0 Å². The van der Waals surface area contributed by atoms with E-state index in [0.717, 1.165) is 0 Å². The fraction of sp³-hybridized carbons (Fsp3) is 0.222. The second-order valence-electron chi connectivity index (χ2n) is 5.20. The van der Waals surface area contributed by atoms with Gasteiger partial charge in [-0.3, -0.25) is 0 Å². The molecule has 0 heterocycles. The van der Waals surface area contributed by atoms with Crippen molar-refractivity contribution < 1.29 is 0 Å². The van der Waals surface area contributed by atoms with Crippen molar-refractivity contribution in [1.29, 1.82) is 0 Å². The summed E-state index contributed by atoms with van der Waals surface area (Å²) < 4.78 is 3.01. The van der Waals surface area contributed by atoms with E-state index >= 15 is 0 Å². The fourth-order valence-corrected chi connectivity index (χ4v) is 34.3. The molecular weight excluding hydrogens is 588 g/mol. The van der Waals surface area contributed by atoms with Gasteiger partial charge in [-0.25, -0.2) is 0 Å². The molecule has 0 amide bonds. The van der Waals surface area contributed by atoms with Gasteiger partial charge in [0.05, 0.1) is 0 Å². The van der Waals surface area contributed by atoms with Crippen molar-refractivity contribution in [3.05, 3.63) is 70.2 Å². The summed E-state index contributed by atoms with van der Waals surface area (Å²) >= 11 is -3.40. The predicted molar refractivity (Wildman–Crippen MR) is 127 cm³/mol. The number of benzene rings is 1. The number of allylic oxidation sites excluding steroid dienone is 4. The van der Waals surface area contributed by atoms with Crippen molar-refractivity contribution in [2.75, 3.05) is 0 Å². The summed E-state index contributed by atoms with van der Waals surface area (Å²) in [5.74, 6) is 0. The second-order valence-corrected chi connectivity index (χ2v) is 33.8. The minimum atomic E-state index is -1.70. The molecule has 0 spiro atoms. The number of hydrogen-bond donors (Lipinski definition) is 0. The predicted octanol–water partition coefficient (Wildman–Crippen LogP) is 6.14. The Labute approximate surface area is 173 Å². The maximum atomic E-state index is 4.09. The Bertz CT molecular complexity index is 535. The Balaban J connectivity index is 3.01. The first-order valence-corrected chi connectivity index (χ1v) is 25.4.